The Labute approximate surface area is 247 Å². The van der Waals surface area contributed by atoms with E-state index < -0.39 is 23.1 Å². The Balaban J connectivity index is 1.28. The third-order valence-corrected chi connectivity index (χ3v) is 12.9. The predicted molar refractivity (Wildman–Crippen MR) is 147 cm³/mol. The van der Waals surface area contributed by atoms with E-state index in [9.17, 15) is 19.2 Å². The first-order valence-electron chi connectivity index (χ1n) is 15.7. The van der Waals surface area contributed by atoms with Crippen molar-refractivity contribution in [1.29, 1.82) is 0 Å². The second-order valence-corrected chi connectivity index (χ2v) is 15.6. The van der Waals surface area contributed by atoms with Gasteiger partial charge in [-0.05, 0) is 95.0 Å². The van der Waals surface area contributed by atoms with Gasteiger partial charge in [0.25, 0.3) is 0 Å². The third kappa shape index (κ3) is 3.70. The van der Waals surface area contributed by atoms with Gasteiger partial charge in [-0.25, -0.2) is 4.79 Å². The molecule has 0 aromatic carbocycles. The summed E-state index contributed by atoms with van der Waals surface area (Å²) < 4.78 is 29.8. The molecule has 0 aromatic heterocycles. The van der Waals surface area contributed by atoms with Gasteiger partial charge in [0.05, 0.1) is 12.0 Å². The van der Waals surface area contributed by atoms with Crippen LogP contribution in [0.25, 0.3) is 0 Å². The maximum absolute atomic E-state index is 13.3. The number of esters is 4. The Morgan fingerprint density at radius 1 is 0.929 bits per heavy atom. The van der Waals surface area contributed by atoms with Crippen molar-refractivity contribution in [3.8, 4) is 0 Å². The van der Waals surface area contributed by atoms with Crippen LogP contribution in [0.15, 0.2) is 11.6 Å². The Bertz CT molecular complexity index is 1300. The minimum Gasteiger partial charge on any atom is -0.462 e. The summed E-state index contributed by atoms with van der Waals surface area (Å²) >= 11 is 0. The first kappa shape index (κ1) is 28.4. The highest BCUT2D eigenvalue weighted by Gasteiger charge is 2.83. The van der Waals surface area contributed by atoms with Gasteiger partial charge in [0, 0.05) is 36.7 Å². The quantitative estimate of drug-likeness (QED) is 0.268. The van der Waals surface area contributed by atoms with E-state index in [2.05, 4.69) is 6.92 Å². The molecule has 42 heavy (non-hydrogen) atoms. The smallest absolute Gasteiger partial charge is 0.334 e. The van der Waals surface area contributed by atoms with Crippen LogP contribution in [0.2, 0.25) is 0 Å². The standard InChI is InChI=1S/C33H44O9/c1-16(34)38-21-13-23-29(3,4)41-25(36)14-24(39-17(2)35)31(23,7)20-9-10-32-15-33(32,26(20)21)11-8-19(32)18-12-22(40-28(18)37)27-30(5,6)42-27/h12,19-24,26-27H,8-11,13-15H2,1-7H3/t19-,20-,21+,22?,23-,24-,26-,27?,31+,32+,33+/m0/s1. The summed E-state index contributed by atoms with van der Waals surface area (Å²) in [6.07, 6.45) is 5.69. The molecule has 0 spiro atoms. The molecule has 0 bridgehead atoms. The molecule has 7 rings (SSSR count). The fraction of sp³-hybridized carbons (Fsp3) is 0.818. The molecule has 3 aliphatic heterocycles. The Hall–Kier alpha value is -2.42. The second-order valence-electron chi connectivity index (χ2n) is 15.6. The first-order valence-corrected chi connectivity index (χ1v) is 15.7. The molecule has 0 amide bonds. The van der Waals surface area contributed by atoms with Crippen molar-refractivity contribution in [3.05, 3.63) is 11.6 Å². The third-order valence-electron chi connectivity index (χ3n) is 12.9. The molecule has 0 radical (unpaired) electrons. The minimum atomic E-state index is -0.829. The number of cyclic esters (lactones) is 2. The molecular formula is C33H44O9. The molecule has 9 nitrogen and oxygen atoms in total. The van der Waals surface area contributed by atoms with Gasteiger partial charge in [-0.1, -0.05) is 6.92 Å². The molecule has 4 aliphatic carbocycles. The SMILES string of the molecule is CC(=O)O[C@H]1CC(=O)OC(C)(C)[C@@H]2C[C@@H](OC(C)=O)[C@@H]3[C@H](CC[C@]45C[C@]34CC[C@H]5C3=CC(C4OC4(C)C)OC3=O)[C@@]12C. The molecular weight excluding hydrogens is 540 g/mol. The van der Waals surface area contributed by atoms with Crippen molar-refractivity contribution in [2.75, 3.05) is 0 Å². The van der Waals surface area contributed by atoms with Crippen LogP contribution in [-0.4, -0.2) is 59.5 Å². The molecule has 6 fully saturated rings. The lowest BCUT2D eigenvalue weighted by Gasteiger charge is -2.61. The topological polar surface area (TPSA) is 118 Å². The van der Waals surface area contributed by atoms with Crippen LogP contribution in [0.3, 0.4) is 0 Å². The van der Waals surface area contributed by atoms with Crippen molar-refractivity contribution in [1.82, 2.24) is 0 Å². The van der Waals surface area contributed by atoms with E-state index in [1.54, 1.807) is 0 Å². The van der Waals surface area contributed by atoms with Crippen molar-refractivity contribution in [2.24, 2.45) is 39.9 Å². The lowest BCUT2D eigenvalue weighted by molar-refractivity contribution is -0.219. The number of ether oxygens (including phenoxy) is 5. The lowest BCUT2D eigenvalue weighted by Crippen LogP contribution is -2.63. The zero-order chi connectivity index (χ0) is 30.2. The highest BCUT2D eigenvalue weighted by molar-refractivity contribution is 5.92. The van der Waals surface area contributed by atoms with E-state index in [1.165, 1.54) is 13.8 Å². The van der Waals surface area contributed by atoms with Crippen molar-refractivity contribution >= 4 is 23.9 Å². The lowest BCUT2D eigenvalue weighted by atomic mass is 9.45. The Kier molecular flexibility index (Phi) is 5.81. The summed E-state index contributed by atoms with van der Waals surface area (Å²) in [6.45, 7) is 12.9. The molecule has 230 valence electrons. The maximum Gasteiger partial charge on any atom is 0.334 e. The van der Waals surface area contributed by atoms with Crippen molar-refractivity contribution in [2.45, 2.75) is 129 Å². The highest BCUT2D eigenvalue weighted by atomic mass is 16.6. The molecule has 9 heteroatoms. The summed E-state index contributed by atoms with van der Waals surface area (Å²) in [6, 6.07) is 0. The molecule has 11 atom stereocenters. The van der Waals surface area contributed by atoms with Gasteiger partial charge in [-0.15, -0.1) is 0 Å². The predicted octanol–water partition coefficient (Wildman–Crippen LogP) is 4.44. The van der Waals surface area contributed by atoms with Crippen LogP contribution in [0.5, 0.6) is 0 Å². The van der Waals surface area contributed by atoms with Gasteiger partial charge < -0.3 is 23.7 Å². The highest BCUT2D eigenvalue weighted by Crippen LogP contribution is 2.87. The van der Waals surface area contributed by atoms with Gasteiger partial charge in [0.1, 0.15) is 23.9 Å². The fourth-order valence-corrected chi connectivity index (χ4v) is 11.4. The summed E-state index contributed by atoms with van der Waals surface area (Å²) in [4.78, 5) is 51.2. The summed E-state index contributed by atoms with van der Waals surface area (Å²) in [7, 11) is 0. The van der Waals surface area contributed by atoms with E-state index in [0.29, 0.717) is 6.42 Å². The molecule has 7 aliphatic rings. The van der Waals surface area contributed by atoms with Crippen molar-refractivity contribution in [3.63, 3.8) is 0 Å². The Morgan fingerprint density at radius 2 is 1.60 bits per heavy atom. The van der Waals surface area contributed by atoms with Crippen LogP contribution < -0.4 is 0 Å². The number of epoxide rings is 1. The Morgan fingerprint density at radius 3 is 2.24 bits per heavy atom. The van der Waals surface area contributed by atoms with Crippen LogP contribution in [-0.2, 0) is 42.9 Å². The van der Waals surface area contributed by atoms with E-state index in [-0.39, 0.29) is 82.7 Å². The summed E-state index contributed by atoms with van der Waals surface area (Å²) in [5.74, 6) is -1.33. The number of hydrogen-bond acceptors (Lipinski definition) is 9. The summed E-state index contributed by atoms with van der Waals surface area (Å²) in [5, 5.41) is 0. The maximum atomic E-state index is 13.3. The molecule has 0 N–H and O–H groups in total. The summed E-state index contributed by atoms with van der Waals surface area (Å²) in [5.41, 5.74) is -1.03. The second kappa shape index (κ2) is 8.60. The molecule has 0 aromatic rings. The average Bonchev–Trinajstić information content (AvgIpc) is 3.62. The minimum absolute atomic E-state index is 0.0118. The monoisotopic (exact) mass is 584 g/mol. The van der Waals surface area contributed by atoms with Crippen LogP contribution in [0.4, 0.5) is 0 Å². The fourth-order valence-electron chi connectivity index (χ4n) is 11.4. The number of fused-ring (bicyclic) bond motifs is 3. The average molecular weight is 585 g/mol. The zero-order valence-electron chi connectivity index (χ0n) is 25.8. The van der Waals surface area contributed by atoms with Gasteiger partial charge in [-0.3, -0.25) is 14.4 Å². The largest absolute Gasteiger partial charge is 0.462 e. The molecule has 3 heterocycles. The molecule has 4 saturated carbocycles. The number of hydrogen-bond donors (Lipinski definition) is 0. The van der Waals surface area contributed by atoms with Crippen LogP contribution in [0, 0.1) is 39.9 Å². The van der Waals surface area contributed by atoms with Crippen LogP contribution >= 0.6 is 0 Å². The van der Waals surface area contributed by atoms with Crippen molar-refractivity contribution < 1.29 is 42.9 Å². The number of rotatable bonds is 4. The van der Waals surface area contributed by atoms with Gasteiger partial charge in [0.2, 0.25) is 0 Å². The van der Waals surface area contributed by atoms with E-state index in [4.69, 9.17) is 23.7 Å². The van der Waals surface area contributed by atoms with E-state index in [0.717, 1.165) is 37.7 Å². The van der Waals surface area contributed by atoms with E-state index >= 15 is 0 Å². The van der Waals surface area contributed by atoms with Gasteiger partial charge in [0.15, 0.2) is 6.10 Å². The zero-order valence-corrected chi connectivity index (χ0v) is 25.8. The van der Waals surface area contributed by atoms with E-state index in [1.807, 2.05) is 33.8 Å². The first-order chi connectivity index (χ1) is 19.6. The molecule has 2 saturated heterocycles. The molecule has 2 unspecified atom stereocenters. The normalized spacial score (nSPS) is 49.1. The number of carbonyl (C=O) groups is 4. The van der Waals surface area contributed by atoms with Gasteiger partial charge >= 0.3 is 23.9 Å². The van der Waals surface area contributed by atoms with Crippen LogP contribution in [0.1, 0.15) is 93.4 Å². The van der Waals surface area contributed by atoms with Gasteiger partial charge in [-0.2, -0.15) is 0 Å². The number of carbonyl (C=O) groups excluding carboxylic acids is 4.